The van der Waals surface area contributed by atoms with Gasteiger partial charge >= 0.3 is 0 Å². The third kappa shape index (κ3) is 1.72. The summed E-state index contributed by atoms with van der Waals surface area (Å²) in [7, 11) is 0. The van der Waals surface area contributed by atoms with E-state index < -0.39 is 0 Å². The van der Waals surface area contributed by atoms with Gasteiger partial charge in [-0.15, -0.1) is 0 Å². The van der Waals surface area contributed by atoms with Gasteiger partial charge in [0.2, 0.25) is 0 Å². The van der Waals surface area contributed by atoms with Gasteiger partial charge in [-0.05, 0) is 24.6 Å². The van der Waals surface area contributed by atoms with Crippen molar-refractivity contribution in [3.05, 3.63) is 47.9 Å². The SMILES string of the molecule is CCc1cc(-c2cc3cc(C=O)ccn3c2)on1. The predicted octanol–water partition coefficient (Wildman–Crippen LogP) is 2.97. The smallest absolute Gasteiger partial charge is 0.168 e. The van der Waals surface area contributed by atoms with E-state index in [1.165, 1.54) is 0 Å². The summed E-state index contributed by atoms with van der Waals surface area (Å²) in [5, 5.41) is 3.97. The summed E-state index contributed by atoms with van der Waals surface area (Å²) < 4.78 is 7.25. The first-order chi connectivity index (χ1) is 8.80. The van der Waals surface area contributed by atoms with Crippen molar-refractivity contribution >= 4 is 11.8 Å². The summed E-state index contributed by atoms with van der Waals surface area (Å²) >= 11 is 0. The number of aryl methyl sites for hydroxylation is 1. The van der Waals surface area contributed by atoms with Crippen molar-refractivity contribution in [3.8, 4) is 11.3 Å². The van der Waals surface area contributed by atoms with E-state index in [0.29, 0.717) is 5.56 Å². The lowest BCUT2D eigenvalue weighted by Crippen LogP contribution is -1.84. The second kappa shape index (κ2) is 4.14. The molecule has 0 radical (unpaired) electrons. The Bertz CT molecular complexity index is 709. The Morgan fingerprint density at radius 1 is 1.39 bits per heavy atom. The molecular weight excluding hydrogens is 228 g/mol. The van der Waals surface area contributed by atoms with Crippen LogP contribution in [0.15, 0.2) is 41.2 Å². The maximum atomic E-state index is 10.7. The molecule has 0 N–H and O–H groups in total. The lowest BCUT2D eigenvalue weighted by molar-refractivity contribution is 0.112. The van der Waals surface area contributed by atoms with Crippen LogP contribution >= 0.6 is 0 Å². The highest BCUT2D eigenvalue weighted by Crippen LogP contribution is 2.24. The van der Waals surface area contributed by atoms with Crippen molar-refractivity contribution in [2.45, 2.75) is 13.3 Å². The highest BCUT2D eigenvalue weighted by molar-refractivity contribution is 5.78. The third-order valence-corrected chi connectivity index (χ3v) is 2.96. The van der Waals surface area contributed by atoms with Crippen LogP contribution in [0, 0.1) is 0 Å². The van der Waals surface area contributed by atoms with Crippen LogP contribution in [0.3, 0.4) is 0 Å². The molecule has 0 spiro atoms. The van der Waals surface area contributed by atoms with Gasteiger partial charge in [-0.1, -0.05) is 12.1 Å². The number of nitrogens with zero attached hydrogens (tertiary/aromatic N) is 2. The number of pyridine rings is 1. The molecule has 3 aromatic heterocycles. The van der Waals surface area contributed by atoms with E-state index in [1.54, 1.807) is 6.07 Å². The maximum absolute atomic E-state index is 10.7. The predicted molar refractivity (Wildman–Crippen MR) is 67.7 cm³/mol. The average Bonchev–Trinajstić information content (AvgIpc) is 3.03. The van der Waals surface area contributed by atoms with Crippen LogP contribution in [-0.2, 0) is 6.42 Å². The maximum Gasteiger partial charge on any atom is 0.168 e. The quantitative estimate of drug-likeness (QED) is 0.661. The fraction of sp³-hybridized carbons (Fsp3) is 0.143. The number of hydrogen-bond donors (Lipinski definition) is 0. The van der Waals surface area contributed by atoms with E-state index in [4.69, 9.17) is 4.52 Å². The van der Waals surface area contributed by atoms with Gasteiger partial charge in [0.1, 0.15) is 6.29 Å². The van der Waals surface area contributed by atoms with Crippen molar-refractivity contribution in [2.24, 2.45) is 0 Å². The lowest BCUT2D eigenvalue weighted by Gasteiger charge is -1.93. The number of carbonyl (C=O) groups excluding carboxylic acids is 1. The molecule has 0 saturated heterocycles. The van der Waals surface area contributed by atoms with Gasteiger partial charge < -0.3 is 8.92 Å². The first kappa shape index (κ1) is 10.8. The Hall–Kier alpha value is -2.36. The summed E-state index contributed by atoms with van der Waals surface area (Å²) in [5.41, 5.74) is 3.53. The Labute approximate surface area is 104 Å². The summed E-state index contributed by atoms with van der Waals surface area (Å²) in [4.78, 5) is 10.7. The molecule has 0 aliphatic heterocycles. The minimum absolute atomic E-state index is 0.666. The largest absolute Gasteiger partial charge is 0.356 e. The van der Waals surface area contributed by atoms with Gasteiger partial charge in [0, 0.05) is 35.1 Å². The molecule has 18 heavy (non-hydrogen) atoms. The van der Waals surface area contributed by atoms with Crippen molar-refractivity contribution in [1.82, 2.24) is 9.56 Å². The molecule has 0 unspecified atom stereocenters. The molecule has 4 heteroatoms. The lowest BCUT2D eigenvalue weighted by atomic mass is 10.2. The fourth-order valence-electron chi connectivity index (χ4n) is 1.95. The topological polar surface area (TPSA) is 47.5 Å². The highest BCUT2D eigenvalue weighted by atomic mass is 16.5. The number of carbonyl (C=O) groups is 1. The Balaban J connectivity index is 2.09. The zero-order valence-electron chi connectivity index (χ0n) is 9.96. The molecule has 0 aliphatic rings. The summed E-state index contributed by atoms with van der Waals surface area (Å²) in [6.07, 6.45) is 5.52. The summed E-state index contributed by atoms with van der Waals surface area (Å²) in [5.74, 6) is 0.753. The van der Waals surface area contributed by atoms with Crippen molar-refractivity contribution in [1.29, 1.82) is 0 Å². The van der Waals surface area contributed by atoms with E-state index in [1.807, 2.05) is 41.9 Å². The molecule has 0 atom stereocenters. The Morgan fingerprint density at radius 2 is 2.28 bits per heavy atom. The molecule has 3 heterocycles. The number of rotatable bonds is 3. The van der Waals surface area contributed by atoms with Gasteiger partial charge in [0.05, 0.1) is 5.69 Å². The van der Waals surface area contributed by atoms with Crippen LogP contribution in [0.4, 0.5) is 0 Å². The second-order valence-corrected chi connectivity index (χ2v) is 4.17. The van der Waals surface area contributed by atoms with Crippen LogP contribution in [0.2, 0.25) is 0 Å². The molecule has 4 nitrogen and oxygen atoms in total. The average molecular weight is 240 g/mol. The normalized spacial score (nSPS) is 10.9. The zero-order valence-corrected chi connectivity index (χ0v) is 9.96. The Kier molecular flexibility index (Phi) is 2.48. The van der Waals surface area contributed by atoms with E-state index in [9.17, 15) is 4.79 Å². The number of aromatic nitrogens is 2. The van der Waals surface area contributed by atoms with Gasteiger partial charge in [0.25, 0.3) is 0 Å². The minimum atomic E-state index is 0.666. The summed E-state index contributed by atoms with van der Waals surface area (Å²) in [6, 6.07) is 7.54. The van der Waals surface area contributed by atoms with E-state index in [-0.39, 0.29) is 0 Å². The van der Waals surface area contributed by atoms with Crippen LogP contribution in [0.5, 0.6) is 0 Å². The standard InChI is InChI=1S/C14H12N2O2/c1-2-12-7-14(18-15-12)11-6-13-5-10(9-17)3-4-16(13)8-11/h3-9H,2H2,1H3. The fourth-order valence-corrected chi connectivity index (χ4v) is 1.95. The molecule has 0 bridgehead atoms. The first-order valence-electron chi connectivity index (χ1n) is 5.83. The van der Waals surface area contributed by atoms with E-state index in [2.05, 4.69) is 5.16 Å². The number of fused-ring (bicyclic) bond motifs is 1. The molecule has 0 saturated carbocycles. The van der Waals surface area contributed by atoms with Crippen LogP contribution in [0.1, 0.15) is 23.0 Å². The van der Waals surface area contributed by atoms with Crippen molar-refractivity contribution in [3.63, 3.8) is 0 Å². The monoisotopic (exact) mass is 240 g/mol. The van der Waals surface area contributed by atoms with Gasteiger partial charge in [-0.3, -0.25) is 4.79 Å². The molecule has 90 valence electrons. The highest BCUT2D eigenvalue weighted by Gasteiger charge is 2.08. The summed E-state index contributed by atoms with van der Waals surface area (Å²) in [6.45, 7) is 2.04. The van der Waals surface area contributed by atoms with Crippen LogP contribution in [-0.4, -0.2) is 15.8 Å². The molecule has 0 amide bonds. The molecule has 0 aliphatic carbocycles. The first-order valence-corrected chi connectivity index (χ1v) is 5.83. The van der Waals surface area contributed by atoms with Crippen molar-refractivity contribution < 1.29 is 9.32 Å². The molecule has 0 aromatic carbocycles. The van der Waals surface area contributed by atoms with E-state index in [0.717, 1.165) is 35.2 Å². The molecular formula is C14H12N2O2. The van der Waals surface area contributed by atoms with Gasteiger partial charge in [-0.25, -0.2) is 0 Å². The van der Waals surface area contributed by atoms with Crippen LogP contribution < -0.4 is 0 Å². The third-order valence-electron chi connectivity index (χ3n) is 2.96. The zero-order chi connectivity index (χ0) is 12.5. The van der Waals surface area contributed by atoms with Gasteiger partial charge in [0.15, 0.2) is 5.76 Å². The molecule has 3 rings (SSSR count). The molecule has 3 aromatic rings. The molecule has 0 fully saturated rings. The van der Waals surface area contributed by atoms with E-state index >= 15 is 0 Å². The number of aldehydes is 1. The number of hydrogen-bond acceptors (Lipinski definition) is 3. The van der Waals surface area contributed by atoms with Gasteiger partial charge in [-0.2, -0.15) is 0 Å². The minimum Gasteiger partial charge on any atom is -0.356 e. The second-order valence-electron chi connectivity index (χ2n) is 4.17. The van der Waals surface area contributed by atoms with Crippen molar-refractivity contribution in [2.75, 3.05) is 0 Å². The van der Waals surface area contributed by atoms with Crippen LogP contribution in [0.25, 0.3) is 16.8 Å². The Morgan fingerprint density at radius 3 is 3.00 bits per heavy atom.